The molecule has 3 rings (SSSR count). The molecule has 1 atom stereocenters. The van der Waals surface area contributed by atoms with E-state index in [4.69, 9.17) is 9.47 Å². The second-order valence-electron chi connectivity index (χ2n) is 5.35. The fraction of sp³-hybridized carbons (Fsp3) is 0.692. The summed E-state index contributed by atoms with van der Waals surface area (Å²) in [6, 6.07) is 2.34. The Kier molecular flexibility index (Phi) is 4.51. The van der Waals surface area contributed by atoms with Crippen molar-refractivity contribution in [3.05, 3.63) is 11.4 Å². The summed E-state index contributed by atoms with van der Waals surface area (Å²) in [5.41, 5.74) is 0. The molecule has 6 nitrogen and oxygen atoms in total. The maximum Gasteiger partial charge on any atom is 0.253 e. The highest BCUT2D eigenvalue weighted by Crippen LogP contribution is 2.30. The van der Waals surface area contributed by atoms with Gasteiger partial charge in [-0.25, -0.2) is 13.1 Å². The van der Waals surface area contributed by atoms with E-state index in [0.29, 0.717) is 24.9 Å². The van der Waals surface area contributed by atoms with E-state index in [1.807, 2.05) is 0 Å². The minimum atomic E-state index is -3.54. The van der Waals surface area contributed by atoms with E-state index in [-0.39, 0.29) is 10.3 Å². The largest absolute Gasteiger partial charge is 0.494 e. The van der Waals surface area contributed by atoms with Gasteiger partial charge in [-0.2, -0.15) is 0 Å². The molecule has 1 aromatic rings. The molecule has 0 spiro atoms. The molecule has 0 bridgehead atoms. The number of rotatable bonds is 6. The standard InChI is InChI=1S/C13H20N2O4S2/c1-18-12-4-7-20-13(12)21(16,17)14-8-11-9-15(5-6-19-11)10-2-3-10/h4,7,10-11,14H,2-3,5-6,8-9H2,1H3. The summed E-state index contributed by atoms with van der Waals surface area (Å²) < 4.78 is 38.2. The average molecular weight is 332 g/mol. The van der Waals surface area contributed by atoms with Gasteiger partial charge in [-0.15, -0.1) is 11.3 Å². The van der Waals surface area contributed by atoms with Gasteiger partial charge in [0.05, 0.1) is 19.8 Å². The molecular weight excluding hydrogens is 312 g/mol. The van der Waals surface area contributed by atoms with Crippen molar-refractivity contribution in [3.63, 3.8) is 0 Å². The van der Waals surface area contributed by atoms with Crippen LogP contribution in [-0.4, -0.2) is 58.8 Å². The van der Waals surface area contributed by atoms with E-state index in [1.54, 1.807) is 11.4 Å². The van der Waals surface area contributed by atoms with Gasteiger partial charge in [0.2, 0.25) is 0 Å². The van der Waals surface area contributed by atoms with E-state index in [9.17, 15) is 8.42 Å². The van der Waals surface area contributed by atoms with Crippen LogP contribution in [-0.2, 0) is 14.8 Å². The van der Waals surface area contributed by atoms with Crippen molar-refractivity contribution in [1.29, 1.82) is 0 Å². The zero-order valence-corrected chi connectivity index (χ0v) is 13.6. The van der Waals surface area contributed by atoms with E-state index in [1.165, 1.54) is 20.0 Å². The van der Waals surface area contributed by atoms with E-state index in [2.05, 4.69) is 9.62 Å². The molecule has 1 N–H and O–H groups in total. The fourth-order valence-electron chi connectivity index (χ4n) is 2.54. The van der Waals surface area contributed by atoms with Crippen LogP contribution in [0.5, 0.6) is 5.75 Å². The minimum Gasteiger partial charge on any atom is -0.494 e. The van der Waals surface area contributed by atoms with Crippen molar-refractivity contribution in [2.75, 3.05) is 33.4 Å². The SMILES string of the molecule is COc1ccsc1S(=O)(=O)NCC1CN(C2CC2)CCO1. The zero-order chi connectivity index (χ0) is 14.9. The van der Waals surface area contributed by atoms with Crippen LogP contribution in [0.3, 0.4) is 0 Å². The Bertz CT molecular complexity index is 583. The molecule has 118 valence electrons. The number of nitrogens with zero attached hydrogens (tertiary/aromatic N) is 1. The molecule has 1 aliphatic carbocycles. The number of nitrogens with one attached hydrogen (secondary N) is 1. The summed E-state index contributed by atoms with van der Waals surface area (Å²) in [6.07, 6.45) is 2.43. The van der Waals surface area contributed by atoms with Crippen LogP contribution in [0.25, 0.3) is 0 Å². The third-order valence-electron chi connectivity index (χ3n) is 3.79. The van der Waals surface area contributed by atoms with Gasteiger partial charge >= 0.3 is 0 Å². The van der Waals surface area contributed by atoms with Gasteiger partial charge in [0, 0.05) is 25.7 Å². The first-order chi connectivity index (χ1) is 10.1. The van der Waals surface area contributed by atoms with Crippen molar-refractivity contribution >= 4 is 21.4 Å². The van der Waals surface area contributed by atoms with Gasteiger partial charge in [0.1, 0.15) is 5.75 Å². The summed E-state index contributed by atoms with van der Waals surface area (Å²) in [4.78, 5) is 2.40. The number of sulfonamides is 1. The highest BCUT2D eigenvalue weighted by atomic mass is 32.2. The van der Waals surface area contributed by atoms with Crippen LogP contribution in [0.1, 0.15) is 12.8 Å². The average Bonchev–Trinajstić information content (AvgIpc) is 3.22. The van der Waals surface area contributed by atoms with Gasteiger partial charge < -0.3 is 9.47 Å². The van der Waals surface area contributed by atoms with Crippen molar-refractivity contribution in [2.45, 2.75) is 29.2 Å². The first kappa shape index (κ1) is 15.2. The predicted octanol–water partition coefficient (Wildman–Crippen LogP) is 0.898. The number of methoxy groups -OCH3 is 1. The van der Waals surface area contributed by atoms with E-state index < -0.39 is 10.0 Å². The number of hydrogen-bond acceptors (Lipinski definition) is 6. The Labute approximate surface area is 129 Å². The highest BCUT2D eigenvalue weighted by Gasteiger charge is 2.33. The van der Waals surface area contributed by atoms with Crippen LogP contribution in [0.4, 0.5) is 0 Å². The van der Waals surface area contributed by atoms with Crippen LogP contribution in [0, 0.1) is 0 Å². The summed E-state index contributed by atoms with van der Waals surface area (Å²) in [5, 5.41) is 1.71. The maximum atomic E-state index is 12.3. The lowest BCUT2D eigenvalue weighted by molar-refractivity contribution is -0.0277. The van der Waals surface area contributed by atoms with Gasteiger partial charge in [-0.05, 0) is 24.3 Å². The molecule has 0 amide bonds. The molecule has 2 fully saturated rings. The smallest absolute Gasteiger partial charge is 0.253 e. The summed E-state index contributed by atoms with van der Waals surface area (Å²) >= 11 is 1.16. The number of morpholine rings is 1. The Morgan fingerprint density at radius 2 is 2.33 bits per heavy atom. The molecule has 8 heteroatoms. The van der Waals surface area contributed by atoms with Gasteiger partial charge in [-0.1, -0.05) is 0 Å². The molecule has 1 saturated carbocycles. The molecular formula is C13H20N2O4S2. The molecule has 1 unspecified atom stereocenters. The minimum absolute atomic E-state index is 0.0833. The summed E-state index contributed by atoms with van der Waals surface area (Å²) in [6.45, 7) is 2.72. The van der Waals surface area contributed by atoms with Crippen LogP contribution >= 0.6 is 11.3 Å². The maximum absolute atomic E-state index is 12.3. The van der Waals surface area contributed by atoms with Crippen LogP contribution < -0.4 is 9.46 Å². The second kappa shape index (κ2) is 6.21. The Morgan fingerprint density at radius 1 is 1.52 bits per heavy atom. The molecule has 0 radical (unpaired) electrons. The zero-order valence-electron chi connectivity index (χ0n) is 11.9. The first-order valence-corrected chi connectivity index (χ1v) is 9.43. The third kappa shape index (κ3) is 3.57. The molecule has 1 aliphatic heterocycles. The van der Waals surface area contributed by atoms with Crippen LogP contribution in [0.15, 0.2) is 15.7 Å². The van der Waals surface area contributed by atoms with Gasteiger partial charge in [0.15, 0.2) is 4.21 Å². The normalized spacial score (nSPS) is 24.1. The summed E-state index contributed by atoms with van der Waals surface area (Å²) in [5.74, 6) is 0.386. The Balaban J connectivity index is 1.58. The highest BCUT2D eigenvalue weighted by molar-refractivity contribution is 7.91. The lowest BCUT2D eigenvalue weighted by atomic mass is 10.2. The molecule has 1 aromatic heterocycles. The Hall–Kier alpha value is -0.670. The number of thiophene rings is 1. The lowest BCUT2D eigenvalue weighted by Gasteiger charge is -2.32. The van der Waals surface area contributed by atoms with Gasteiger partial charge in [-0.3, -0.25) is 4.90 Å². The van der Waals surface area contributed by atoms with Crippen molar-refractivity contribution in [1.82, 2.24) is 9.62 Å². The predicted molar refractivity (Wildman–Crippen MR) is 80.4 cm³/mol. The second-order valence-corrected chi connectivity index (χ2v) is 8.23. The molecule has 21 heavy (non-hydrogen) atoms. The topological polar surface area (TPSA) is 67.9 Å². The molecule has 1 saturated heterocycles. The molecule has 0 aromatic carbocycles. The first-order valence-electron chi connectivity index (χ1n) is 7.07. The Morgan fingerprint density at radius 3 is 3.05 bits per heavy atom. The van der Waals surface area contributed by atoms with Crippen molar-refractivity contribution in [3.8, 4) is 5.75 Å². The lowest BCUT2D eigenvalue weighted by Crippen LogP contribution is -2.48. The van der Waals surface area contributed by atoms with Gasteiger partial charge in [0.25, 0.3) is 10.0 Å². The monoisotopic (exact) mass is 332 g/mol. The van der Waals surface area contributed by atoms with E-state index >= 15 is 0 Å². The van der Waals surface area contributed by atoms with Crippen molar-refractivity contribution < 1.29 is 17.9 Å². The third-order valence-corrected chi connectivity index (χ3v) is 6.66. The van der Waals surface area contributed by atoms with E-state index in [0.717, 1.165) is 24.4 Å². The fourth-order valence-corrected chi connectivity index (χ4v) is 4.92. The molecule has 2 heterocycles. The van der Waals surface area contributed by atoms with Crippen molar-refractivity contribution in [2.24, 2.45) is 0 Å². The number of ether oxygens (including phenoxy) is 2. The quantitative estimate of drug-likeness (QED) is 0.838. The summed E-state index contributed by atoms with van der Waals surface area (Å²) in [7, 11) is -2.07. The van der Waals surface area contributed by atoms with Crippen LogP contribution in [0.2, 0.25) is 0 Å². The number of hydrogen-bond donors (Lipinski definition) is 1. The molecule has 2 aliphatic rings.